The lowest BCUT2D eigenvalue weighted by atomic mass is 10.2. The number of hydrogen-bond donors (Lipinski definition) is 1. The highest BCUT2D eigenvalue weighted by atomic mass is 35.5. The van der Waals surface area contributed by atoms with Gasteiger partial charge >= 0.3 is 0 Å². The summed E-state index contributed by atoms with van der Waals surface area (Å²) in [6.07, 6.45) is 0.894. The first-order valence-electron chi connectivity index (χ1n) is 9.47. The summed E-state index contributed by atoms with van der Waals surface area (Å²) in [5, 5.41) is 1.14. The lowest BCUT2D eigenvalue weighted by Crippen LogP contribution is -2.31. The molecule has 30 heavy (non-hydrogen) atoms. The van der Waals surface area contributed by atoms with Crippen LogP contribution in [0.2, 0.25) is 10.0 Å². The van der Waals surface area contributed by atoms with Crippen LogP contribution in [0, 0.1) is 0 Å². The number of thioether (sulfide) groups is 1. The van der Waals surface area contributed by atoms with E-state index >= 15 is 0 Å². The van der Waals surface area contributed by atoms with Crippen LogP contribution in [0.25, 0.3) is 10.2 Å². The van der Waals surface area contributed by atoms with Crippen molar-refractivity contribution in [2.24, 2.45) is 0 Å². The van der Waals surface area contributed by atoms with Gasteiger partial charge in [-0.05, 0) is 55.9 Å². The molecule has 0 saturated heterocycles. The summed E-state index contributed by atoms with van der Waals surface area (Å²) >= 11 is 15.1. The largest absolute Gasteiger partial charge is 0.399 e. The molecule has 0 unspecified atom stereocenters. The fourth-order valence-corrected chi connectivity index (χ4v) is 5.32. The summed E-state index contributed by atoms with van der Waals surface area (Å²) in [5.74, 6) is 0.483. The number of nitrogens with two attached hydrogens (primary N) is 1. The third-order valence-corrected chi connectivity index (χ3v) is 7.49. The number of nitrogens with zero attached hydrogens (tertiary/aromatic N) is 3. The monoisotopic (exact) mass is 482 g/mol. The molecule has 0 saturated carbocycles. The van der Waals surface area contributed by atoms with Crippen LogP contribution in [0.1, 0.15) is 12.0 Å². The van der Waals surface area contributed by atoms with Crippen molar-refractivity contribution in [2.75, 3.05) is 38.7 Å². The predicted octanol–water partition coefficient (Wildman–Crippen LogP) is 5.26. The van der Waals surface area contributed by atoms with E-state index in [0.29, 0.717) is 22.3 Å². The highest BCUT2D eigenvalue weighted by Crippen LogP contribution is 2.30. The van der Waals surface area contributed by atoms with Crippen molar-refractivity contribution < 1.29 is 4.79 Å². The van der Waals surface area contributed by atoms with Crippen molar-refractivity contribution in [3.05, 3.63) is 52.0 Å². The standard InChI is InChI=1S/C21H24Cl2N4OS2/c1-26(12-14-4-6-16(22)17(23)10-14)8-3-9-27(2)20(28)13-29-21-25-18-7-5-15(24)11-19(18)30-21/h4-7,10-11H,3,8-9,12-13,24H2,1-2H3. The number of amides is 1. The Morgan fingerprint density at radius 2 is 1.93 bits per heavy atom. The molecule has 0 bridgehead atoms. The molecule has 5 nitrogen and oxygen atoms in total. The lowest BCUT2D eigenvalue weighted by molar-refractivity contribution is -0.127. The van der Waals surface area contributed by atoms with Gasteiger partial charge in [0.15, 0.2) is 4.34 Å². The van der Waals surface area contributed by atoms with Crippen LogP contribution in [-0.2, 0) is 11.3 Å². The fraction of sp³-hybridized carbons (Fsp3) is 0.333. The molecule has 160 valence electrons. The van der Waals surface area contributed by atoms with Crippen LogP contribution < -0.4 is 5.73 Å². The van der Waals surface area contributed by atoms with E-state index in [9.17, 15) is 4.79 Å². The Labute approximate surface area is 195 Å². The van der Waals surface area contributed by atoms with Gasteiger partial charge in [-0.15, -0.1) is 11.3 Å². The SMILES string of the molecule is CN(CCCN(C)C(=O)CSc1nc2ccc(N)cc2s1)Cc1ccc(Cl)c(Cl)c1. The molecule has 1 amide bonds. The van der Waals surface area contributed by atoms with Gasteiger partial charge in [0.1, 0.15) is 0 Å². The minimum Gasteiger partial charge on any atom is -0.399 e. The minimum absolute atomic E-state index is 0.103. The van der Waals surface area contributed by atoms with Crippen LogP contribution in [0.4, 0.5) is 5.69 Å². The van der Waals surface area contributed by atoms with Crippen molar-refractivity contribution in [3.63, 3.8) is 0 Å². The van der Waals surface area contributed by atoms with Gasteiger partial charge in [-0.25, -0.2) is 4.98 Å². The Morgan fingerprint density at radius 1 is 1.13 bits per heavy atom. The molecule has 9 heteroatoms. The van der Waals surface area contributed by atoms with E-state index < -0.39 is 0 Å². The Morgan fingerprint density at radius 3 is 2.70 bits per heavy atom. The molecular weight excluding hydrogens is 459 g/mol. The molecule has 0 atom stereocenters. The van der Waals surface area contributed by atoms with Gasteiger partial charge in [-0.3, -0.25) is 4.79 Å². The Kier molecular flexibility index (Phi) is 8.25. The molecule has 0 spiro atoms. The smallest absolute Gasteiger partial charge is 0.232 e. The van der Waals surface area contributed by atoms with Crippen molar-refractivity contribution in [3.8, 4) is 0 Å². The first-order chi connectivity index (χ1) is 14.3. The lowest BCUT2D eigenvalue weighted by Gasteiger charge is -2.20. The number of rotatable bonds is 9. The maximum Gasteiger partial charge on any atom is 0.232 e. The van der Waals surface area contributed by atoms with Crippen molar-refractivity contribution >= 4 is 68.1 Å². The van der Waals surface area contributed by atoms with E-state index in [1.165, 1.54) is 11.8 Å². The molecular formula is C21H24Cl2N4OS2. The molecule has 2 N–H and O–H groups in total. The molecule has 0 aliphatic heterocycles. The fourth-order valence-electron chi connectivity index (χ4n) is 2.95. The average molecular weight is 483 g/mol. The Balaban J connectivity index is 1.39. The summed E-state index contributed by atoms with van der Waals surface area (Å²) in [7, 11) is 3.90. The van der Waals surface area contributed by atoms with E-state index in [1.807, 2.05) is 43.4 Å². The van der Waals surface area contributed by atoms with E-state index in [-0.39, 0.29) is 5.91 Å². The van der Waals surface area contributed by atoms with E-state index in [2.05, 4.69) is 16.9 Å². The third-order valence-electron chi connectivity index (χ3n) is 4.61. The molecule has 2 aromatic carbocycles. The van der Waals surface area contributed by atoms with Crippen LogP contribution in [-0.4, -0.2) is 53.6 Å². The average Bonchev–Trinajstić information content (AvgIpc) is 3.10. The zero-order chi connectivity index (χ0) is 21.7. The van der Waals surface area contributed by atoms with Gasteiger partial charge < -0.3 is 15.5 Å². The third kappa shape index (κ3) is 6.49. The highest BCUT2D eigenvalue weighted by molar-refractivity contribution is 8.01. The second-order valence-electron chi connectivity index (χ2n) is 7.15. The summed E-state index contributed by atoms with van der Waals surface area (Å²) in [5.41, 5.74) is 8.57. The number of halogens is 2. The summed E-state index contributed by atoms with van der Waals surface area (Å²) in [4.78, 5) is 21.0. The Bertz CT molecular complexity index is 1030. The van der Waals surface area contributed by atoms with Gasteiger partial charge in [0.2, 0.25) is 5.91 Å². The van der Waals surface area contributed by atoms with Gasteiger partial charge in [0.25, 0.3) is 0 Å². The van der Waals surface area contributed by atoms with Crippen LogP contribution in [0.3, 0.4) is 0 Å². The van der Waals surface area contributed by atoms with Crippen LogP contribution in [0.5, 0.6) is 0 Å². The van der Waals surface area contributed by atoms with Crippen molar-refractivity contribution in [1.82, 2.24) is 14.8 Å². The number of carbonyl (C=O) groups excluding carboxylic acids is 1. The zero-order valence-electron chi connectivity index (χ0n) is 16.9. The maximum absolute atomic E-state index is 12.4. The van der Waals surface area contributed by atoms with E-state index in [4.69, 9.17) is 28.9 Å². The number of thiazole rings is 1. The molecule has 0 aliphatic carbocycles. The number of anilines is 1. The van der Waals surface area contributed by atoms with Crippen LogP contribution in [0.15, 0.2) is 40.7 Å². The minimum atomic E-state index is 0.103. The molecule has 1 heterocycles. The Hall–Kier alpha value is -1.51. The summed E-state index contributed by atoms with van der Waals surface area (Å²) < 4.78 is 1.93. The molecule has 0 aliphatic rings. The molecule has 0 fully saturated rings. The topological polar surface area (TPSA) is 62.5 Å². The van der Waals surface area contributed by atoms with Gasteiger partial charge in [-0.2, -0.15) is 0 Å². The van der Waals surface area contributed by atoms with Gasteiger partial charge in [0.05, 0.1) is 26.0 Å². The number of carbonyl (C=O) groups is 1. The van der Waals surface area contributed by atoms with Gasteiger partial charge in [0, 0.05) is 25.8 Å². The first kappa shape index (κ1) is 23.2. The molecule has 1 aromatic heterocycles. The molecule has 0 radical (unpaired) electrons. The van der Waals surface area contributed by atoms with Crippen molar-refractivity contribution in [1.29, 1.82) is 0 Å². The highest BCUT2D eigenvalue weighted by Gasteiger charge is 2.12. The number of nitrogen functional groups attached to an aromatic ring is 1. The second kappa shape index (κ2) is 10.7. The van der Waals surface area contributed by atoms with E-state index in [1.54, 1.807) is 16.2 Å². The van der Waals surface area contributed by atoms with Gasteiger partial charge in [-0.1, -0.05) is 41.0 Å². The predicted molar refractivity (Wildman–Crippen MR) is 130 cm³/mol. The van der Waals surface area contributed by atoms with Crippen molar-refractivity contribution in [2.45, 2.75) is 17.3 Å². The summed E-state index contributed by atoms with van der Waals surface area (Å²) in [6.45, 7) is 2.37. The normalized spacial score (nSPS) is 11.4. The maximum atomic E-state index is 12.4. The molecule has 3 aromatic rings. The number of benzene rings is 2. The molecule has 3 rings (SSSR count). The van der Waals surface area contributed by atoms with Crippen LogP contribution >= 0.6 is 46.3 Å². The first-order valence-corrected chi connectivity index (χ1v) is 12.0. The number of fused-ring (bicyclic) bond motifs is 1. The van der Waals surface area contributed by atoms with E-state index in [0.717, 1.165) is 45.3 Å². The zero-order valence-corrected chi connectivity index (χ0v) is 20.0. The number of hydrogen-bond acceptors (Lipinski definition) is 6. The summed E-state index contributed by atoms with van der Waals surface area (Å²) in [6, 6.07) is 11.4. The second-order valence-corrected chi connectivity index (χ2v) is 10.2. The number of aromatic nitrogens is 1. The quantitative estimate of drug-likeness (QED) is 0.332.